The third kappa shape index (κ3) is 6.27. The van der Waals surface area contributed by atoms with Crippen molar-refractivity contribution in [1.29, 1.82) is 0 Å². The molecule has 7 heteroatoms. The maximum Gasteiger partial charge on any atom is 0.325 e. The van der Waals surface area contributed by atoms with Gasteiger partial charge in [-0.25, -0.2) is 4.79 Å². The number of rotatable bonds is 7. The topological polar surface area (TPSA) is 84.9 Å². The molecule has 2 amide bonds. The molecule has 148 valence electrons. The molecular weight excluding hydrogens is 348 g/mol. The van der Waals surface area contributed by atoms with Gasteiger partial charge in [0.2, 0.25) is 0 Å². The van der Waals surface area contributed by atoms with E-state index < -0.39 is 5.97 Å². The monoisotopic (exact) mass is 376 g/mol. The summed E-state index contributed by atoms with van der Waals surface area (Å²) in [6.45, 7) is 6.58. The van der Waals surface area contributed by atoms with Gasteiger partial charge in [-0.2, -0.15) is 0 Å². The fourth-order valence-corrected chi connectivity index (χ4v) is 3.08. The molecular formula is C20H28N2O5. The molecule has 1 aliphatic heterocycles. The number of nitrogens with zero attached hydrogens (tertiary/aromatic N) is 1. The normalized spacial score (nSPS) is 16.7. The Kier molecular flexibility index (Phi) is 7.64. The van der Waals surface area contributed by atoms with E-state index in [1.807, 2.05) is 19.9 Å². The Morgan fingerprint density at radius 3 is 2.78 bits per heavy atom. The van der Waals surface area contributed by atoms with Gasteiger partial charge in [0, 0.05) is 24.6 Å². The summed E-state index contributed by atoms with van der Waals surface area (Å²) in [5.41, 5.74) is 0.590. The number of amides is 2. The van der Waals surface area contributed by atoms with E-state index in [0.29, 0.717) is 24.4 Å². The SMILES string of the molecule is CCOC(=O)CNC(=O)N1CCC[C@@H](C(=O)c2cccc(OC(C)C)c2)C1. The molecule has 0 aliphatic carbocycles. The lowest BCUT2D eigenvalue weighted by atomic mass is 9.90. The summed E-state index contributed by atoms with van der Waals surface area (Å²) in [6, 6.07) is 6.80. The van der Waals surface area contributed by atoms with Gasteiger partial charge < -0.3 is 19.7 Å². The first-order valence-electron chi connectivity index (χ1n) is 9.40. The number of urea groups is 1. The van der Waals surface area contributed by atoms with Crippen LogP contribution in [-0.4, -0.2) is 55.0 Å². The molecule has 1 N–H and O–H groups in total. The molecule has 1 saturated heterocycles. The van der Waals surface area contributed by atoms with Gasteiger partial charge in [-0.05, 0) is 45.7 Å². The van der Waals surface area contributed by atoms with Crippen molar-refractivity contribution in [2.75, 3.05) is 26.2 Å². The van der Waals surface area contributed by atoms with Gasteiger partial charge in [0.1, 0.15) is 12.3 Å². The van der Waals surface area contributed by atoms with Crippen molar-refractivity contribution >= 4 is 17.8 Å². The summed E-state index contributed by atoms with van der Waals surface area (Å²) in [7, 11) is 0. The lowest BCUT2D eigenvalue weighted by molar-refractivity contribution is -0.141. The molecule has 27 heavy (non-hydrogen) atoms. The van der Waals surface area contributed by atoms with E-state index in [4.69, 9.17) is 9.47 Å². The Morgan fingerprint density at radius 1 is 1.30 bits per heavy atom. The van der Waals surface area contributed by atoms with Crippen LogP contribution in [0.15, 0.2) is 24.3 Å². The number of carbonyl (C=O) groups excluding carboxylic acids is 3. The van der Waals surface area contributed by atoms with Gasteiger partial charge in [-0.15, -0.1) is 0 Å². The number of carbonyl (C=O) groups is 3. The molecule has 7 nitrogen and oxygen atoms in total. The Bertz CT molecular complexity index is 674. The van der Waals surface area contributed by atoms with E-state index in [1.165, 1.54) is 0 Å². The highest BCUT2D eigenvalue weighted by atomic mass is 16.5. The lowest BCUT2D eigenvalue weighted by Gasteiger charge is -2.32. The van der Waals surface area contributed by atoms with E-state index in [0.717, 1.165) is 12.8 Å². The van der Waals surface area contributed by atoms with Gasteiger partial charge >= 0.3 is 12.0 Å². The highest BCUT2D eigenvalue weighted by molar-refractivity contribution is 5.98. The van der Waals surface area contributed by atoms with Crippen molar-refractivity contribution in [3.63, 3.8) is 0 Å². The van der Waals surface area contributed by atoms with Crippen LogP contribution in [0.25, 0.3) is 0 Å². The standard InChI is InChI=1S/C20H28N2O5/c1-4-26-18(23)12-21-20(25)22-10-6-8-16(13-22)19(24)15-7-5-9-17(11-15)27-14(2)3/h5,7,9,11,14,16H,4,6,8,10,12-13H2,1-3H3,(H,21,25)/t16-/m1/s1. The molecule has 1 aliphatic rings. The van der Waals surface area contributed by atoms with Crippen molar-refractivity contribution in [3.8, 4) is 5.75 Å². The minimum absolute atomic E-state index is 0.00657. The number of Topliss-reactive ketones (excluding diaryl/α,β-unsaturated/α-hetero) is 1. The van der Waals surface area contributed by atoms with Crippen LogP contribution in [0.3, 0.4) is 0 Å². The Hall–Kier alpha value is -2.57. The second kappa shape index (κ2) is 9.94. The zero-order valence-electron chi connectivity index (χ0n) is 16.2. The zero-order valence-corrected chi connectivity index (χ0v) is 16.2. The average Bonchev–Trinajstić information content (AvgIpc) is 2.65. The quantitative estimate of drug-likeness (QED) is 0.584. The molecule has 1 aromatic rings. The molecule has 0 saturated carbocycles. The molecule has 0 spiro atoms. The number of ether oxygens (including phenoxy) is 2. The van der Waals surface area contributed by atoms with Crippen LogP contribution < -0.4 is 10.1 Å². The van der Waals surface area contributed by atoms with Gasteiger partial charge in [0.25, 0.3) is 0 Å². The first kappa shape index (κ1) is 20.7. The van der Waals surface area contributed by atoms with Gasteiger partial charge in [0.05, 0.1) is 12.7 Å². The fourth-order valence-electron chi connectivity index (χ4n) is 3.08. The molecule has 0 radical (unpaired) electrons. The number of hydrogen-bond donors (Lipinski definition) is 1. The zero-order chi connectivity index (χ0) is 19.8. The molecule has 1 fully saturated rings. The predicted octanol–water partition coefficient (Wildman–Crippen LogP) is 2.64. The maximum absolute atomic E-state index is 12.9. The number of likely N-dealkylation sites (tertiary alicyclic amines) is 1. The first-order valence-corrected chi connectivity index (χ1v) is 9.40. The molecule has 1 heterocycles. The number of benzene rings is 1. The minimum atomic E-state index is -0.475. The Labute approximate surface area is 160 Å². The van der Waals surface area contributed by atoms with E-state index >= 15 is 0 Å². The second-order valence-corrected chi connectivity index (χ2v) is 6.81. The summed E-state index contributed by atoms with van der Waals surface area (Å²) in [6.07, 6.45) is 1.50. The molecule has 2 rings (SSSR count). The van der Waals surface area contributed by atoms with Gasteiger partial charge in [-0.1, -0.05) is 12.1 Å². The molecule has 1 aromatic carbocycles. The first-order chi connectivity index (χ1) is 12.9. The van der Waals surface area contributed by atoms with Crippen molar-refractivity contribution < 1.29 is 23.9 Å². The summed E-state index contributed by atoms with van der Waals surface area (Å²) in [5.74, 6) is -0.0679. The molecule has 1 atom stereocenters. The third-order valence-corrected chi connectivity index (χ3v) is 4.26. The van der Waals surface area contributed by atoms with Crippen LogP contribution in [0.2, 0.25) is 0 Å². The fraction of sp³-hybridized carbons (Fsp3) is 0.550. The van der Waals surface area contributed by atoms with Crippen LogP contribution in [-0.2, 0) is 9.53 Å². The van der Waals surface area contributed by atoms with Gasteiger partial charge in [0.15, 0.2) is 5.78 Å². The summed E-state index contributed by atoms with van der Waals surface area (Å²) < 4.78 is 10.5. The third-order valence-electron chi connectivity index (χ3n) is 4.26. The van der Waals surface area contributed by atoms with Crippen LogP contribution in [0, 0.1) is 5.92 Å². The van der Waals surface area contributed by atoms with Crippen LogP contribution in [0.4, 0.5) is 4.79 Å². The van der Waals surface area contributed by atoms with Gasteiger partial charge in [-0.3, -0.25) is 9.59 Å². The van der Waals surface area contributed by atoms with E-state index in [2.05, 4.69) is 5.32 Å². The number of ketones is 1. The van der Waals surface area contributed by atoms with E-state index in [9.17, 15) is 14.4 Å². The summed E-state index contributed by atoms with van der Waals surface area (Å²) in [5, 5.41) is 2.55. The maximum atomic E-state index is 12.9. The van der Waals surface area contributed by atoms with E-state index in [1.54, 1.807) is 30.0 Å². The lowest BCUT2D eigenvalue weighted by Crippen LogP contribution is -2.48. The second-order valence-electron chi connectivity index (χ2n) is 6.81. The smallest absolute Gasteiger partial charge is 0.325 e. The highest BCUT2D eigenvalue weighted by Crippen LogP contribution is 2.23. The van der Waals surface area contributed by atoms with Crippen LogP contribution in [0.1, 0.15) is 44.0 Å². The van der Waals surface area contributed by atoms with Crippen molar-refractivity contribution in [2.24, 2.45) is 5.92 Å². The number of hydrogen-bond acceptors (Lipinski definition) is 5. The largest absolute Gasteiger partial charge is 0.491 e. The molecule has 0 bridgehead atoms. The average molecular weight is 376 g/mol. The number of piperidine rings is 1. The number of nitrogens with one attached hydrogen (secondary N) is 1. The molecule has 0 unspecified atom stereocenters. The van der Waals surface area contributed by atoms with Crippen LogP contribution in [0.5, 0.6) is 5.75 Å². The Morgan fingerprint density at radius 2 is 2.07 bits per heavy atom. The summed E-state index contributed by atoms with van der Waals surface area (Å²) >= 11 is 0. The van der Waals surface area contributed by atoms with Crippen molar-refractivity contribution in [2.45, 2.75) is 39.7 Å². The molecule has 0 aromatic heterocycles. The highest BCUT2D eigenvalue weighted by Gasteiger charge is 2.29. The summed E-state index contributed by atoms with van der Waals surface area (Å²) in [4.78, 5) is 38.1. The van der Waals surface area contributed by atoms with Crippen molar-refractivity contribution in [3.05, 3.63) is 29.8 Å². The predicted molar refractivity (Wildman–Crippen MR) is 101 cm³/mol. The minimum Gasteiger partial charge on any atom is -0.491 e. The number of esters is 1. The Balaban J connectivity index is 1.95. The van der Waals surface area contributed by atoms with Crippen LogP contribution >= 0.6 is 0 Å². The van der Waals surface area contributed by atoms with Crippen molar-refractivity contribution in [1.82, 2.24) is 10.2 Å². The van der Waals surface area contributed by atoms with E-state index in [-0.39, 0.29) is 37.0 Å².